The van der Waals surface area contributed by atoms with E-state index in [4.69, 9.17) is 0 Å². The highest BCUT2D eigenvalue weighted by atomic mass is 14.1. The van der Waals surface area contributed by atoms with Gasteiger partial charge in [0.15, 0.2) is 0 Å². The quantitative estimate of drug-likeness (QED) is 0.285. The minimum absolute atomic E-state index is 0.764. The molecule has 0 saturated carbocycles. The van der Waals surface area contributed by atoms with Crippen LogP contribution in [-0.2, 0) is 0 Å². The second-order valence-electron chi connectivity index (χ2n) is 4.77. The van der Waals surface area contributed by atoms with E-state index in [-0.39, 0.29) is 0 Å². The summed E-state index contributed by atoms with van der Waals surface area (Å²) in [6.07, 6.45) is 17.6. The predicted octanol–water partition coefficient (Wildman–Crippen LogP) is 5.90. The van der Waals surface area contributed by atoms with Crippen molar-refractivity contribution in [3.63, 3.8) is 0 Å². The molecule has 0 N–H and O–H groups in total. The van der Waals surface area contributed by atoms with Gasteiger partial charge in [-0.15, -0.1) is 13.2 Å². The summed E-state index contributed by atoms with van der Waals surface area (Å²) in [6, 6.07) is 0. The maximum absolute atomic E-state index is 3.96. The summed E-state index contributed by atoms with van der Waals surface area (Å²) in [5.41, 5.74) is 0. The minimum atomic E-state index is 0.764. The van der Waals surface area contributed by atoms with Gasteiger partial charge in [-0.1, -0.05) is 57.6 Å². The third-order valence-electron chi connectivity index (χ3n) is 3.24. The van der Waals surface area contributed by atoms with Crippen molar-refractivity contribution >= 4 is 0 Å². The van der Waals surface area contributed by atoms with Crippen molar-refractivity contribution in [2.75, 3.05) is 0 Å². The lowest BCUT2D eigenvalue weighted by molar-refractivity contribution is 0.475. The fraction of sp³-hybridized carbons (Fsp3) is 0.750. The molecule has 1 atom stereocenters. The molecule has 0 bridgehead atoms. The summed E-state index contributed by atoms with van der Waals surface area (Å²) in [5, 5.41) is 0. The Morgan fingerprint density at radius 2 is 1.50 bits per heavy atom. The minimum Gasteiger partial charge on any atom is -0.103 e. The molecular formula is C16H30. The summed E-state index contributed by atoms with van der Waals surface area (Å²) >= 11 is 0. The zero-order chi connectivity index (χ0) is 12.1. The highest BCUT2D eigenvalue weighted by Gasteiger charge is 2.03. The van der Waals surface area contributed by atoms with Crippen LogP contribution in [0, 0.1) is 5.92 Å². The first-order valence-electron chi connectivity index (χ1n) is 7.08. The molecule has 0 aliphatic rings. The maximum atomic E-state index is 3.96. The number of rotatable bonds is 12. The van der Waals surface area contributed by atoms with Crippen LogP contribution < -0.4 is 0 Å². The standard InChI is InChI=1S/C16H30/c1-4-7-9-11-13-15-16(6-3)14-12-10-8-5-2/h4,6,16H,1,3,5,7-15H2,2H3. The smallest absolute Gasteiger partial charge is 0.0236 e. The lowest BCUT2D eigenvalue weighted by Gasteiger charge is -2.11. The van der Waals surface area contributed by atoms with E-state index in [0.717, 1.165) is 5.92 Å². The second-order valence-corrected chi connectivity index (χ2v) is 4.77. The van der Waals surface area contributed by atoms with E-state index < -0.39 is 0 Å². The second kappa shape index (κ2) is 12.5. The molecule has 0 radical (unpaired) electrons. The van der Waals surface area contributed by atoms with Gasteiger partial charge in [-0.05, 0) is 31.6 Å². The SMILES string of the molecule is C=CCCCCCC(C=C)CCCCCC. The Bertz CT molecular complexity index is 157. The van der Waals surface area contributed by atoms with Gasteiger partial charge in [0.25, 0.3) is 0 Å². The summed E-state index contributed by atoms with van der Waals surface area (Å²) in [5.74, 6) is 0.764. The first kappa shape index (κ1) is 15.5. The van der Waals surface area contributed by atoms with Gasteiger partial charge in [0.2, 0.25) is 0 Å². The van der Waals surface area contributed by atoms with Crippen LogP contribution in [0.2, 0.25) is 0 Å². The average molecular weight is 222 g/mol. The van der Waals surface area contributed by atoms with E-state index in [2.05, 4.69) is 26.2 Å². The van der Waals surface area contributed by atoms with Gasteiger partial charge < -0.3 is 0 Å². The Balaban J connectivity index is 3.36. The Labute approximate surface area is 103 Å². The molecule has 0 aliphatic heterocycles. The number of allylic oxidation sites excluding steroid dienone is 2. The third kappa shape index (κ3) is 10.0. The molecule has 0 rings (SSSR count). The number of hydrogen-bond acceptors (Lipinski definition) is 0. The Kier molecular flexibility index (Phi) is 12.1. The summed E-state index contributed by atoms with van der Waals surface area (Å²) in [4.78, 5) is 0. The van der Waals surface area contributed by atoms with Crippen molar-refractivity contribution in [2.45, 2.75) is 71.1 Å². The fourth-order valence-electron chi connectivity index (χ4n) is 2.09. The Morgan fingerprint density at radius 3 is 2.00 bits per heavy atom. The molecule has 16 heavy (non-hydrogen) atoms. The Hall–Kier alpha value is -0.520. The molecule has 0 heteroatoms. The van der Waals surface area contributed by atoms with E-state index >= 15 is 0 Å². The molecule has 0 amide bonds. The van der Waals surface area contributed by atoms with Crippen LogP contribution in [0.25, 0.3) is 0 Å². The molecule has 94 valence electrons. The lowest BCUT2D eigenvalue weighted by Crippen LogP contribution is -1.96. The summed E-state index contributed by atoms with van der Waals surface area (Å²) in [6.45, 7) is 9.98. The number of unbranched alkanes of at least 4 members (excludes halogenated alkanes) is 6. The van der Waals surface area contributed by atoms with Gasteiger partial charge in [0, 0.05) is 0 Å². The lowest BCUT2D eigenvalue weighted by atomic mass is 9.95. The zero-order valence-corrected chi connectivity index (χ0v) is 11.2. The van der Waals surface area contributed by atoms with Crippen molar-refractivity contribution in [3.8, 4) is 0 Å². The van der Waals surface area contributed by atoms with Crippen LogP contribution in [0.4, 0.5) is 0 Å². The van der Waals surface area contributed by atoms with E-state index in [1.165, 1.54) is 64.2 Å². The third-order valence-corrected chi connectivity index (χ3v) is 3.24. The largest absolute Gasteiger partial charge is 0.103 e. The normalized spacial score (nSPS) is 12.3. The highest BCUT2D eigenvalue weighted by molar-refractivity contribution is 4.78. The van der Waals surface area contributed by atoms with Crippen molar-refractivity contribution in [2.24, 2.45) is 5.92 Å². The van der Waals surface area contributed by atoms with Crippen LogP contribution in [0.1, 0.15) is 71.1 Å². The van der Waals surface area contributed by atoms with Crippen LogP contribution >= 0.6 is 0 Å². The summed E-state index contributed by atoms with van der Waals surface area (Å²) < 4.78 is 0. The van der Waals surface area contributed by atoms with Crippen LogP contribution in [0.15, 0.2) is 25.3 Å². The van der Waals surface area contributed by atoms with Gasteiger partial charge in [0.1, 0.15) is 0 Å². The van der Waals surface area contributed by atoms with Gasteiger partial charge in [-0.3, -0.25) is 0 Å². The summed E-state index contributed by atoms with van der Waals surface area (Å²) in [7, 11) is 0. The van der Waals surface area contributed by atoms with Gasteiger partial charge in [-0.2, -0.15) is 0 Å². The molecule has 0 aromatic carbocycles. The van der Waals surface area contributed by atoms with Crippen LogP contribution in [0.3, 0.4) is 0 Å². The average Bonchev–Trinajstić information content (AvgIpc) is 2.31. The Morgan fingerprint density at radius 1 is 0.875 bits per heavy atom. The monoisotopic (exact) mass is 222 g/mol. The van der Waals surface area contributed by atoms with Crippen molar-refractivity contribution in [1.29, 1.82) is 0 Å². The number of hydrogen-bond donors (Lipinski definition) is 0. The van der Waals surface area contributed by atoms with E-state index in [1.54, 1.807) is 0 Å². The van der Waals surface area contributed by atoms with Crippen LogP contribution in [-0.4, -0.2) is 0 Å². The van der Waals surface area contributed by atoms with Crippen molar-refractivity contribution < 1.29 is 0 Å². The molecule has 0 heterocycles. The molecule has 0 aromatic rings. The molecule has 0 aliphatic carbocycles. The molecule has 0 nitrogen and oxygen atoms in total. The van der Waals surface area contributed by atoms with Crippen LogP contribution in [0.5, 0.6) is 0 Å². The molecule has 0 spiro atoms. The predicted molar refractivity (Wildman–Crippen MR) is 75.7 cm³/mol. The maximum Gasteiger partial charge on any atom is -0.0236 e. The van der Waals surface area contributed by atoms with Gasteiger partial charge in [-0.25, -0.2) is 0 Å². The molecule has 1 unspecified atom stereocenters. The highest BCUT2D eigenvalue weighted by Crippen LogP contribution is 2.18. The topological polar surface area (TPSA) is 0 Å². The van der Waals surface area contributed by atoms with E-state index in [0.29, 0.717) is 0 Å². The van der Waals surface area contributed by atoms with E-state index in [9.17, 15) is 0 Å². The fourth-order valence-corrected chi connectivity index (χ4v) is 2.09. The molecular weight excluding hydrogens is 192 g/mol. The van der Waals surface area contributed by atoms with Gasteiger partial charge >= 0.3 is 0 Å². The van der Waals surface area contributed by atoms with E-state index in [1.807, 2.05) is 6.08 Å². The van der Waals surface area contributed by atoms with Crippen molar-refractivity contribution in [3.05, 3.63) is 25.3 Å². The van der Waals surface area contributed by atoms with Gasteiger partial charge in [0.05, 0.1) is 0 Å². The molecule has 0 fully saturated rings. The van der Waals surface area contributed by atoms with Crippen molar-refractivity contribution in [1.82, 2.24) is 0 Å². The zero-order valence-electron chi connectivity index (χ0n) is 11.2. The molecule has 0 saturated heterocycles. The first-order valence-corrected chi connectivity index (χ1v) is 7.08. The molecule has 0 aromatic heterocycles. The first-order chi connectivity index (χ1) is 7.85.